The third kappa shape index (κ3) is 3.29. The largest absolute Gasteiger partial charge is 0.469 e. The second-order valence-corrected chi connectivity index (χ2v) is 4.66. The van der Waals surface area contributed by atoms with Gasteiger partial charge in [0, 0.05) is 25.0 Å². The van der Waals surface area contributed by atoms with Gasteiger partial charge in [-0.2, -0.15) is 0 Å². The zero-order valence-corrected chi connectivity index (χ0v) is 10.8. The molecule has 1 aromatic heterocycles. The first kappa shape index (κ1) is 13.0. The van der Waals surface area contributed by atoms with Crippen molar-refractivity contribution in [3.05, 3.63) is 30.1 Å². The third-order valence-electron chi connectivity index (χ3n) is 3.51. The number of esters is 1. The molecule has 0 aromatic carbocycles. The lowest BCUT2D eigenvalue weighted by Gasteiger charge is -2.35. The number of methoxy groups -OCH3 is 1. The second-order valence-electron chi connectivity index (χ2n) is 4.66. The minimum atomic E-state index is -0.134. The predicted octanol–water partition coefficient (Wildman–Crippen LogP) is 2.17. The molecule has 1 fully saturated rings. The summed E-state index contributed by atoms with van der Waals surface area (Å²) in [6.07, 6.45) is 7.79. The minimum Gasteiger partial charge on any atom is -0.469 e. The van der Waals surface area contributed by atoms with Gasteiger partial charge in [-0.1, -0.05) is 12.5 Å². The van der Waals surface area contributed by atoms with Crippen LogP contribution in [0.1, 0.15) is 37.3 Å². The molecule has 0 radical (unpaired) electrons. The van der Waals surface area contributed by atoms with Gasteiger partial charge in [-0.15, -0.1) is 0 Å². The molecule has 2 heterocycles. The summed E-state index contributed by atoms with van der Waals surface area (Å²) in [4.78, 5) is 17.8. The molecule has 0 aliphatic carbocycles. The number of likely N-dealkylation sites (tertiary alicyclic amines) is 1. The van der Waals surface area contributed by atoms with E-state index >= 15 is 0 Å². The van der Waals surface area contributed by atoms with Crippen LogP contribution < -0.4 is 0 Å². The quantitative estimate of drug-likeness (QED) is 0.766. The molecule has 0 N–H and O–H groups in total. The van der Waals surface area contributed by atoms with E-state index in [1.165, 1.54) is 25.5 Å². The average Bonchev–Trinajstić information content (AvgIpc) is 2.46. The van der Waals surface area contributed by atoms with Crippen molar-refractivity contribution in [1.82, 2.24) is 9.88 Å². The van der Waals surface area contributed by atoms with Crippen LogP contribution in [-0.4, -0.2) is 36.1 Å². The van der Waals surface area contributed by atoms with Crippen LogP contribution in [-0.2, 0) is 9.53 Å². The number of carbonyl (C=O) groups excluding carboxylic acids is 1. The van der Waals surface area contributed by atoms with E-state index in [1.807, 2.05) is 12.3 Å². The third-order valence-corrected chi connectivity index (χ3v) is 3.51. The number of carbonyl (C=O) groups is 1. The summed E-state index contributed by atoms with van der Waals surface area (Å²) < 4.78 is 4.70. The van der Waals surface area contributed by atoms with E-state index in [4.69, 9.17) is 4.74 Å². The fourth-order valence-corrected chi connectivity index (χ4v) is 2.55. The Morgan fingerprint density at radius 3 is 3.17 bits per heavy atom. The number of hydrogen-bond donors (Lipinski definition) is 0. The second kappa shape index (κ2) is 6.50. The van der Waals surface area contributed by atoms with Crippen LogP contribution in [0.5, 0.6) is 0 Å². The number of rotatable bonds is 4. The number of ether oxygens (including phenoxy) is 1. The van der Waals surface area contributed by atoms with E-state index in [2.05, 4.69) is 16.0 Å². The molecule has 98 valence electrons. The van der Waals surface area contributed by atoms with E-state index in [0.29, 0.717) is 12.5 Å². The maximum absolute atomic E-state index is 11.2. The zero-order chi connectivity index (χ0) is 12.8. The van der Waals surface area contributed by atoms with Crippen molar-refractivity contribution in [2.24, 2.45) is 0 Å². The highest BCUT2D eigenvalue weighted by molar-refractivity contribution is 5.69. The van der Waals surface area contributed by atoms with E-state index in [0.717, 1.165) is 19.5 Å². The Labute approximate surface area is 108 Å². The topological polar surface area (TPSA) is 42.4 Å². The highest BCUT2D eigenvalue weighted by atomic mass is 16.5. The Kier molecular flexibility index (Phi) is 4.70. The lowest BCUT2D eigenvalue weighted by Crippen LogP contribution is -2.35. The van der Waals surface area contributed by atoms with Crippen molar-refractivity contribution < 1.29 is 9.53 Å². The van der Waals surface area contributed by atoms with Crippen LogP contribution in [0.4, 0.5) is 0 Å². The number of hydrogen-bond acceptors (Lipinski definition) is 4. The number of piperidine rings is 1. The fourth-order valence-electron chi connectivity index (χ4n) is 2.55. The molecule has 0 unspecified atom stereocenters. The predicted molar refractivity (Wildman–Crippen MR) is 69.0 cm³/mol. The van der Waals surface area contributed by atoms with Crippen molar-refractivity contribution >= 4 is 5.97 Å². The molecule has 18 heavy (non-hydrogen) atoms. The summed E-state index contributed by atoms with van der Waals surface area (Å²) in [5, 5.41) is 0. The monoisotopic (exact) mass is 248 g/mol. The van der Waals surface area contributed by atoms with Crippen LogP contribution in [0.15, 0.2) is 24.5 Å². The maximum atomic E-state index is 11.2. The fraction of sp³-hybridized carbons (Fsp3) is 0.571. The normalized spacial score (nSPS) is 20.6. The van der Waals surface area contributed by atoms with Gasteiger partial charge in [-0.05, 0) is 31.0 Å². The molecular weight excluding hydrogens is 228 g/mol. The van der Waals surface area contributed by atoms with Gasteiger partial charge in [-0.3, -0.25) is 14.7 Å². The molecule has 0 saturated carbocycles. The molecule has 2 rings (SSSR count). The molecule has 1 saturated heterocycles. The smallest absolute Gasteiger partial charge is 0.306 e. The van der Waals surface area contributed by atoms with Crippen LogP contribution in [0, 0.1) is 0 Å². The average molecular weight is 248 g/mol. The van der Waals surface area contributed by atoms with Crippen molar-refractivity contribution in [3.63, 3.8) is 0 Å². The minimum absolute atomic E-state index is 0.134. The van der Waals surface area contributed by atoms with Crippen molar-refractivity contribution in [3.8, 4) is 0 Å². The van der Waals surface area contributed by atoms with Gasteiger partial charge in [0.25, 0.3) is 0 Å². The molecule has 1 aromatic rings. The lowest BCUT2D eigenvalue weighted by atomic mass is 9.96. The molecule has 4 heteroatoms. The van der Waals surface area contributed by atoms with Gasteiger partial charge < -0.3 is 4.74 Å². The van der Waals surface area contributed by atoms with E-state index in [1.54, 1.807) is 6.20 Å². The summed E-state index contributed by atoms with van der Waals surface area (Å²) in [6, 6.07) is 4.49. The summed E-state index contributed by atoms with van der Waals surface area (Å²) >= 11 is 0. The summed E-state index contributed by atoms with van der Waals surface area (Å²) in [5.74, 6) is -0.134. The first-order chi connectivity index (χ1) is 8.81. The highest BCUT2D eigenvalue weighted by Gasteiger charge is 2.24. The van der Waals surface area contributed by atoms with Crippen molar-refractivity contribution in [1.29, 1.82) is 0 Å². The summed E-state index contributed by atoms with van der Waals surface area (Å²) in [5.41, 5.74) is 1.25. The highest BCUT2D eigenvalue weighted by Crippen LogP contribution is 2.30. The van der Waals surface area contributed by atoms with Crippen molar-refractivity contribution in [2.45, 2.75) is 31.7 Å². The molecule has 0 bridgehead atoms. The van der Waals surface area contributed by atoms with E-state index in [9.17, 15) is 4.79 Å². The van der Waals surface area contributed by atoms with Crippen molar-refractivity contribution in [2.75, 3.05) is 20.2 Å². The number of nitrogens with zero attached hydrogens (tertiary/aromatic N) is 2. The van der Waals surface area contributed by atoms with Crippen LogP contribution in [0.25, 0.3) is 0 Å². The molecule has 1 atom stereocenters. The Morgan fingerprint density at radius 2 is 2.44 bits per heavy atom. The lowest BCUT2D eigenvalue weighted by molar-refractivity contribution is -0.141. The molecule has 0 amide bonds. The van der Waals surface area contributed by atoms with Gasteiger partial charge in [0.05, 0.1) is 13.5 Å². The molecule has 0 spiro atoms. The van der Waals surface area contributed by atoms with E-state index in [-0.39, 0.29) is 5.97 Å². The van der Waals surface area contributed by atoms with Crippen LogP contribution >= 0.6 is 0 Å². The summed E-state index contributed by atoms with van der Waals surface area (Å²) in [7, 11) is 1.44. The SMILES string of the molecule is COC(=O)CCN1CCCC[C@@H]1c1cccnc1. The standard InChI is InChI=1S/C14H20N2O2/c1-18-14(17)7-10-16-9-3-2-6-13(16)12-5-4-8-15-11-12/h4-5,8,11,13H,2-3,6-7,9-10H2,1H3/t13-/m1/s1. The Balaban J connectivity index is 2.00. The number of pyridine rings is 1. The first-order valence-electron chi connectivity index (χ1n) is 6.52. The van der Waals surface area contributed by atoms with Gasteiger partial charge >= 0.3 is 5.97 Å². The molecule has 1 aliphatic heterocycles. The van der Waals surface area contributed by atoms with Gasteiger partial charge in [0.1, 0.15) is 0 Å². The van der Waals surface area contributed by atoms with Gasteiger partial charge in [0.15, 0.2) is 0 Å². The Hall–Kier alpha value is -1.42. The Bertz CT molecular complexity index is 381. The van der Waals surface area contributed by atoms with Gasteiger partial charge in [0.2, 0.25) is 0 Å². The van der Waals surface area contributed by atoms with Gasteiger partial charge in [-0.25, -0.2) is 0 Å². The number of aromatic nitrogens is 1. The van der Waals surface area contributed by atoms with Crippen LogP contribution in [0.2, 0.25) is 0 Å². The zero-order valence-electron chi connectivity index (χ0n) is 10.8. The van der Waals surface area contributed by atoms with E-state index < -0.39 is 0 Å². The molecule has 4 nitrogen and oxygen atoms in total. The first-order valence-corrected chi connectivity index (χ1v) is 6.52. The Morgan fingerprint density at radius 1 is 1.56 bits per heavy atom. The molecule has 1 aliphatic rings. The maximum Gasteiger partial charge on any atom is 0.306 e. The summed E-state index contributed by atoms with van der Waals surface area (Å²) in [6.45, 7) is 1.82. The van der Waals surface area contributed by atoms with Crippen LogP contribution in [0.3, 0.4) is 0 Å². The molecular formula is C14H20N2O2.